The highest BCUT2D eigenvalue weighted by molar-refractivity contribution is 7.16. The Kier molecular flexibility index (Phi) is 4.23. The van der Waals surface area contributed by atoms with Crippen molar-refractivity contribution in [2.75, 3.05) is 0 Å². The Morgan fingerprint density at radius 1 is 0.862 bits per heavy atom. The molecule has 29 heavy (non-hydrogen) atoms. The summed E-state index contributed by atoms with van der Waals surface area (Å²) in [4.78, 5) is 6.46. The van der Waals surface area contributed by atoms with Gasteiger partial charge in [0.1, 0.15) is 0 Å². The molecule has 6 rings (SSSR count). The minimum atomic E-state index is -1.58. The van der Waals surface area contributed by atoms with Crippen molar-refractivity contribution >= 4 is 30.7 Å². The molecule has 0 radical (unpaired) electrons. The third-order valence-electron chi connectivity index (χ3n) is 9.04. The van der Waals surface area contributed by atoms with Crippen LogP contribution in [0.5, 0.6) is 0 Å². The first kappa shape index (κ1) is 19.1. The number of fused-ring (bicyclic) bond motifs is 5. The standard InChI is InChI=1S/C26H34S2Si/c1-14-9-19-12-17-7-6-8-18(17)13-20(19)25(14)29(4,5)26-23-21(10-15(2)27-23)22-11-16(3)28-24(22)26/h9-11,17-20,25-26H,6-8,12-13H2,1-5H3. The van der Waals surface area contributed by atoms with Crippen molar-refractivity contribution in [3.8, 4) is 11.1 Å². The average molecular weight is 439 g/mol. The van der Waals surface area contributed by atoms with E-state index in [9.17, 15) is 0 Å². The van der Waals surface area contributed by atoms with Gasteiger partial charge in [-0.3, -0.25) is 0 Å². The highest BCUT2D eigenvalue weighted by Crippen LogP contribution is 2.63. The minimum absolute atomic E-state index is 0.721. The van der Waals surface area contributed by atoms with Gasteiger partial charge in [0.25, 0.3) is 0 Å². The van der Waals surface area contributed by atoms with Crippen molar-refractivity contribution in [2.45, 2.75) is 77.1 Å². The van der Waals surface area contributed by atoms with E-state index < -0.39 is 8.07 Å². The summed E-state index contributed by atoms with van der Waals surface area (Å²) in [5.41, 5.74) is 6.55. The summed E-state index contributed by atoms with van der Waals surface area (Å²) in [5, 5.41) is 0. The van der Waals surface area contributed by atoms with Crippen LogP contribution in [0.2, 0.25) is 18.6 Å². The first-order valence-electron chi connectivity index (χ1n) is 11.7. The Labute approximate surface area is 185 Å². The fourth-order valence-corrected chi connectivity index (χ4v) is 17.3. The lowest BCUT2D eigenvalue weighted by Crippen LogP contribution is -2.44. The molecule has 0 spiro atoms. The monoisotopic (exact) mass is 438 g/mol. The van der Waals surface area contributed by atoms with E-state index in [1.54, 1.807) is 26.5 Å². The third-order valence-corrected chi connectivity index (χ3v) is 16.2. The quantitative estimate of drug-likeness (QED) is 0.325. The number of thiophene rings is 2. The molecule has 0 amide bonds. The maximum atomic E-state index is 2.76. The van der Waals surface area contributed by atoms with Crippen molar-refractivity contribution in [1.82, 2.24) is 0 Å². The first-order valence-corrected chi connectivity index (χ1v) is 16.5. The van der Waals surface area contributed by atoms with Crippen LogP contribution in [-0.2, 0) is 0 Å². The second-order valence-electron chi connectivity index (χ2n) is 11.2. The zero-order valence-electron chi connectivity index (χ0n) is 18.5. The Morgan fingerprint density at radius 3 is 2.07 bits per heavy atom. The molecular formula is C26H34S2Si. The van der Waals surface area contributed by atoms with E-state index in [2.05, 4.69) is 74.7 Å². The summed E-state index contributed by atoms with van der Waals surface area (Å²) >= 11 is 4.21. The summed E-state index contributed by atoms with van der Waals surface area (Å²) in [6.07, 6.45) is 10.3. The van der Waals surface area contributed by atoms with Gasteiger partial charge in [-0.1, -0.05) is 44.0 Å². The summed E-state index contributed by atoms with van der Waals surface area (Å²) in [5.74, 6) is 3.94. The molecule has 2 aromatic heterocycles. The van der Waals surface area contributed by atoms with Crippen LogP contribution in [0.3, 0.4) is 0 Å². The molecule has 0 saturated heterocycles. The molecule has 2 aromatic rings. The molecule has 154 valence electrons. The van der Waals surface area contributed by atoms with Crippen LogP contribution in [0.1, 0.15) is 64.1 Å². The fourth-order valence-electron chi connectivity index (χ4n) is 8.16. The zero-order chi connectivity index (χ0) is 20.1. The lowest BCUT2D eigenvalue weighted by Gasteiger charge is -2.45. The summed E-state index contributed by atoms with van der Waals surface area (Å²) in [6, 6.07) is 4.97. The van der Waals surface area contributed by atoms with Crippen LogP contribution in [0.25, 0.3) is 11.1 Å². The highest BCUT2D eigenvalue weighted by atomic mass is 32.1. The van der Waals surface area contributed by atoms with Gasteiger partial charge in [-0.2, -0.15) is 0 Å². The molecule has 0 N–H and O–H groups in total. The smallest absolute Gasteiger partial charge is 0.0699 e. The Hall–Kier alpha value is -0.643. The lowest BCUT2D eigenvalue weighted by molar-refractivity contribution is 0.171. The van der Waals surface area contributed by atoms with Crippen molar-refractivity contribution < 1.29 is 0 Å². The van der Waals surface area contributed by atoms with Crippen LogP contribution < -0.4 is 0 Å². The molecule has 0 aromatic carbocycles. The highest BCUT2D eigenvalue weighted by Gasteiger charge is 2.55. The van der Waals surface area contributed by atoms with E-state index in [0.717, 1.165) is 34.8 Å². The molecule has 0 aliphatic heterocycles. The van der Waals surface area contributed by atoms with Crippen LogP contribution in [0.4, 0.5) is 0 Å². The Morgan fingerprint density at radius 2 is 1.45 bits per heavy atom. The largest absolute Gasteiger partial charge is 0.145 e. The van der Waals surface area contributed by atoms with Gasteiger partial charge < -0.3 is 0 Å². The molecular weight excluding hydrogens is 405 g/mol. The van der Waals surface area contributed by atoms with E-state index in [1.165, 1.54) is 41.9 Å². The topological polar surface area (TPSA) is 0 Å². The molecule has 0 nitrogen and oxygen atoms in total. The second-order valence-corrected chi connectivity index (χ2v) is 18.6. The molecule has 4 aliphatic carbocycles. The molecule has 4 aliphatic rings. The molecule has 2 saturated carbocycles. The Bertz CT molecular complexity index is 960. The van der Waals surface area contributed by atoms with E-state index in [0.29, 0.717) is 0 Å². The van der Waals surface area contributed by atoms with Gasteiger partial charge in [0, 0.05) is 25.0 Å². The normalized spacial score (nSPS) is 33.4. The van der Waals surface area contributed by atoms with Crippen molar-refractivity contribution in [1.29, 1.82) is 0 Å². The molecule has 0 bridgehead atoms. The van der Waals surface area contributed by atoms with E-state index >= 15 is 0 Å². The van der Waals surface area contributed by atoms with Crippen LogP contribution in [0, 0.1) is 37.5 Å². The first-order chi connectivity index (χ1) is 13.8. The lowest BCUT2D eigenvalue weighted by atomic mass is 9.70. The van der Waals surface area contributed by atoms with Crippen molar-refractivity contribution in [3.05, 3.63) is 43.3 Å². The molecule has 5 unspecified atom stereocenters. The molecule has 5 atom stereocenters. The zero-order valence-corrected chi connectivity index (χ0v) is 21.2. The molecule has 2 heterocycles. The van der Waals surface area contributed by atoms with Gasteiger partial charge in [-0.15, -0.1) is 22.7 Å². The second kappa shape index (κ2) is 6.43. The summed E-state index contributed by atoms with van der Waals surface area (Å²) in [7, 11) is -1.58. The van der Waals surface area contributed by atoms with Gasteiger partial charge in [0.2, 0.25) is 0 Å². The maximum absolute atomic E-state index is 2.76. The fraction of sp³-hybridized carbons (Fsp3) is 0.615. The number of hydrogen-bond acceptors (Lipinski definition) is 2. The van der Waals surface area contributed by atoms with Crippen molar-refractivity contribution in [2.24, 2.45) is 23.7 Å². The number of aryl methyl sites for hydroxylation is 2. The number of hydrogen-bond donors (Lipinski definition) is 0. The van der Waals surface area contributed by atoms with Gasteiger partial charge in [0.05, 0.1) is 8.07 Å². The van der Waals surface area contributed by atoms with Gasteiger partial charge >= 0.3 is 0 Å². The maximum Gasteiger partial charge on any atom is 0.0699 e. The number of allylic oxidation sites excluding steroid dienone is 2. The van der Waals surface area contributed by atoms with Gasteiger partial charge in [-0.25, -0.2) is 0 Å². The SMILES string of the molecule is CC1=CC2CC3CCCC3CC2C1[Si](C)(C)C1c2sc(C)cc2-c2cc(C)sc21. The van der Waals surface area contributed by atoms with E-state index in [-0.39, 0.29) is 0 Å². The molecule has 3 heteroatoms. The van der Waals surface area contributed by atoms with E-state index in [1.807, 2.05) is 0 Å². The van der Waals surface area contributed by atoms with Gasteiger partial charge in [-0.05, 0) is 86.1 Å². The van der Waals surface area contributed by atoms with Crippen LogP contribution >= 0.6 is 22.7 Å². The molecule has 2 fully saturated rings. The Balaban J connectivity index is 1.43. The predicted octanol–water partition coefficient (Wildman–Crippen LogP) is 8.56. The third kappa shape index (κ3) is 2.66. The predicted molar refractivity (Wildman–Crippen MR) is 131 cm³/mol. The van der Waals surface area contributed by atoms with Crippen LogP contribution in [0.15, 0.2) is 23.8 Å². The van der Waals surface area contributed by atoms with E-state index in [4.69, 9.17) is 0 Å². The van der Waals surface area contributed by atoms with Gasteiger partial charge in [0.15, 0.2) is 0 Å². The minimum Gasteiger partial charge on any atom is -0.145 e. The summed E-state index contributed by atoms with van der Waals surface area (Å²) in [6.45, 7) is 12.6. The van der Waals surface area contributed by atoms with Crippen LogP contribution in [-0.4, -0.2) is 8.07 Å². The van der Waals surface area contributed by atoms with Crippen molar-refractivity contribution in [3.63, 3.8) is 0 Å². The summed E-state index contributed by atoms with van der Waals surface area (Å²) < 4.78 is 0. The average Bonchev–Trinajstić information content (AvgIpc) is 3.40. The number of rotatable bonds is 2.